The van der Waals surface area contributed by atoms with Crippen molar-refractivity contribution in [3.8, 4) is 0 Å². The lowest BCUT2D eigenvalue weighted by atomic mass is 10.6. The molecule has 0 bridgehead atoms. The Labute approximate surface area is 81.9 Å². The summed E-state index contributed by atoms with van der Waals surface area (Å²) in [6.45, 7) is 3.04. The van der Waals surface area contributed by atoms with E-state index in [0.29, 0.717) is 6.10 Å². The zero-order chi connectivity index (χ0) is 6.57. The van der Waals surface area contributed by atoms with Crippen molar-refractivity contribution < 1.29 is 4.74 Å². The van der Waals surface area contributed by atoms with Gasteiger partial charge in [-0.25, -0.2) is 0 Å². The summed E-state index contributed by atoms with van der Waals surface area (Å²) in [6.07, 6.45) is 0.583. The Morgan fingerprint density at radius 3 is 1.27 bits per heavy atom. The van der Waals surface area contributed by atoms with Crippen LogP contribution in [-0.4, -0.2) is 38.8 Å². The molecule has 5 heteroatoms. The molecule has 74 valence electrons. The van der Waals surface area contributed by atoms with Crippen LogP contribution in [0.15, 0.2) is 0 Å². The fourth-order valence-corrected chi connectivity index (χ4v) is 0.0962. The summed E-state index contributed by atoms with van der Waals surface area (Å²) in [5.74, 6) is 0. The zero-order valence-corrected chi connectivity index (χ0v) is 9.30. The van der Waals surface area contributed by atoms with E-state index in [2.05, 4.69) is 6.92 Å². The minimum atomic E-state index is 0. The maximum absolute atomic E-state index is 4.71. The van der Waals surface area contributed by atoms with Gasteiger partial charge in [0.05, 0.1) is 12.7 Å². The summed E-state index contributed by atoms with van der Waals surface area (Å²) in [6, 6.07) is 0. The van der Waals surface area contributed by atoms with Crippen LogP contribution in [0.2, 0.25) is 0 Å². The molecule has 1 fully saturated rings. The van der Waals surface area contributed by atoms with Crippen LogP contribution in [0.3, 0.4) is 0 Å². The molecule has 0 aromatic rings. The molecule has 3 N–H and O–H groups in total. The zero-order valence-electron chi connectivity index (χ0n) is 7.66. The molecule has 0 saturated carbocycles. The quantitative estimate of drug-likeness (QED) is 0.613. The van der Waals surface area contributed by atoms with E-state index in [4.69, 9.17) is 4.74 Å². The Bertz CT molecular complexity index is 57.8. The third-order valence-corrected chi connectivity index (χ3v) is 0.500. The van der Waals surface area contributed by atoms with Crippen LogP contribution in [0.25, 0.3) is 0 Å². The summed E-state index contributed by atoms with van der Waals surface area (Å²) in [5, 5.41) is 0. The normalized spacial score (nSPS) is 17.7. The molecule has 11 heavy (non-hydrogen) atoms. The highest BCUT2D eigenvalue weighted by molar-refractivity contribution is 5.85. The lowest BCUT2D eigenvalue weighted by Gasteiger charge is -1.90. The molecule has 0 aromatic carbocycles. The topological polar surface area (TPSA) is 50.8 Å². The van der Waals surface area contributed by atoms with E-state index in [1.807, 2.05) is 26.0 Å². The summed E-state index contributed by atoms with van der Waals surface area (Å²) in [5.41, 5.74) is 0. The average molecular weight is 207 g/mol. The largest absolute Gasteiger partial charge is 0.373 e. The van der Waals surface area contributed by atoms with Crippen LogP contribution >= 0.6 is 24.8 Å². The SMILES string of the molecule is CC1CO1.CN(C)C.Cl.Cl.N. The Morgan fingerprint density at radius 1 is 1.18 bits per heavy atom. The van der Waals surface area contributed by atoms with Crippen LogP contribution in [0.1, 0.15) is 6.92 Å². The smallest absolute Gasteiger partial charge is 0.0781 e. The van der Waals surface area contributed by atoms with E-state index in [9.17, 15) is 0 Å². The molecule has 1 aliphatic rings. The fourth-order valence-electron chi connectivity index (χ4n) is 0.0962. The average Bonchev–Trinajstić information content (AvgIpc) is 2.19. The molecule has 1 saturated heterocycles. The van der Waals surface area contributed by atoms with Gasteiger partial charge in [-0.3, -0.25) is 0 Å². The number of rotatable bonds is 0. The highest BCUT2D eigenvalue weighted by atomic mass is 35.5. The van der Waals surface area contributed by atoms with Gasteiger partial charge in [-0.05, 0) is 28.1 Å². The van der Waals surface area contributed by atoms with Gasteiger partial charge < -0.3 is 15.8 Å². The summed E-state index contributed by atoms with van der Waals surface area (Å²) in [4.78, 5) is 2.00. The number of hydrogen-bond donors (Lipinski definition) is 1. The summed E-state index contributed by atoms with van der Waals surface area (Å²) < 4.78 is 4.71. The van der Waals surface area contributed by atoms with Crippen molar-refractivity contribution in [2.75, 3.05) is 27.7 Å². The first-order valence-corrected chi connectivity index (χ1v) is 2.85. The van der Waals surface area contributed by atoms with Crippen molar-refractivity contribution in [1.82, 2.24) is 11.1 Å². The summed E-state index contributed by atoms with van der Waals surface area (Å²) in [7, 11) is 6.00. The van der Waals surface area contributed by atoms with Gasteiger partial charge >= 0.3 is 0 Å². The number of ether oxygens (including phenoxy) is 1. The second kappa shape index (κ2) is 13.1. The van der Waals surface area contributed by atoms with Crippen LogP contribution in [-0.2, 0) is 4.74 Å². The molecule has 1 unspecified atom stereocenters. The molecular weight excluding hydrogens is 187 g/mol. The van der Waals surface area contributed by atoms with Crippen LogP contribution in [0.4, 0.5) is 0 Å². The predicted octanol–water partition coefficient (Wildman–Crippen LogP) is 1.59. The number of hydrogen-bond acceptors (Lipinski definition) is 3. The maximum atomic E-state index is 4.71. The second-order valence-electron chi connectivity index (χ2n) is 2.49. The third kappa shape index (κ3) is 62.5. The second-order valence-corrected chi connectivity index (χ2v) is 2.49. The molecule has 1 heterocycles. The van der Waals surface area contributed by atoms with E-state index in [1.54, 1.807) is 0 Å². The fraction of sp³-hybridized carbons (Fsp3) is 1.00. The third-order valence-electron chi connectivity index (χ3n) is 0.500. The summed E-state index contributed by atoms with van der Waals surface area (Å²) >= 11 is 0. The number of epoxide rings is 1. The highest BCUT2D eigenvalue weighted by Gasteiger charge is 2.13. The van der Waals surface area contributed by atoms with Gasteiger partial charge in [-0.1, -0.05) is 0 Å². The highest BCUT2D eigenvalue weighted by Crippen LogP contribution is 2.04. The molecule has 0 radical (unpaired) electrons. The van der Waals surface area contributed by atoms with Gasteiger partial charge in [-0.2, -0.15) is 0 Å². The van der Waals surface area contributed by atoms with E-state index >= 15 is 0 Å². The lowest BCUT2D eigenvalue weighted by molar-refractivity contribution is 0.423. The van der Waals surface area contributed by atoms with E-state index in [1.165, 1.54) is 0 Å². The molecule has 3 nitrogen and oxygen atoms in total. The van der Waals surface area contributed by atoms with Crippen LogP contribution in [0, 0.1) is 0 Å². The van der Waals surface area contributed by atoms with Crippen molar-refractivity contribution in [1.29, 1.82) is 0 Å². The molecule has 0 aliphatic carbocycles. The first kappa shape index (κ1) is 22.5. The molecule has 0 spiro atoms. The van der Waals surface area contributed by atoms with Crippen molar-refractivity contribution in [2.45, 2.75) is 13.0 Å². The maximum Gasteiger partial charge on any atom is 0.0781 e. The first-order chi connectivity index (χ1) is 3.63. The van der Waals surface area contributed by atoms with E-state index in [0.717, 1.165) is 6.61 Å². The Hall–Kier alpha value is 0.460. The monoisotopic (exact) mass is 206 g/mol. The minimum absolute atomic E-state index is 0. The first-order valence-electron chi connectivity index (χ1n) is 2.85. The molecule has 0 aromatic heterocycles. The minimum Gasteiger partial charge on any atom is -0.373 e. The Balaban J connectivity index is -0.0000000350. The molecular formula is C6H20Cl2N2O. The molecule has 1 atom stereocenters. The van der Waals surface area contributed by atoms with Gasteiger partial charge in [0.25, 0.3) is 0 Å². The Kier molecular flexibility index (Phi) is 26.8. The number of nitrogens with zero attached hydrogens (tertiary/aromatic N) is 1. The van der Waals surface area contributed by atoms with Crippen molar-refractivity contribution in [2.24, 2.45) is 0 Å². The lowest BCUT2D eigenvalue weighted by Crippen LogP contribution is -1.99. The van der Waals surface area contributed by atoms with Gasteiger partial charge in [0.15, 0.2) is 0 Å². The molecule has 1 rings (SSSR count). The van der Waals surface area contributed by atoms with Crippen LogP contribution in [0.5, 0.6) is 0 Å². The number of halogens is 2. The molecule has 0 amide bonds. The van der Waals surface area contributed by atoms with Gasteiger partial charge in [-0.15, -0.1) is 24.8 Å². The standard InChI is InChI=1S/C3H9N.C3H6O.2ClH.H3N/c1-4(2)3;1-3-2-4-3;;;/h1-3H3;3H,2H2,1H3;2*1H;1H3. The van der Waals surface area contributed by atoms with Crippen molar-refractivity contribution in [3.63, 3.8) is 0 Å². The van der Waals surface area contributed by atoms with Gasteiger partial charge in [0.2, 0.25) is 0 Å². The van der Waals surface area contributed by atoms with Gasteiger partial charge in [0, 0.05) is 0 Å². The predicted molar refractivity (Wildman–Crippen MR) is 54.5 cm³/mol. The Morgan fingerprint density at radius 2 is 1.27 bits per heavy atom. The van der Waals surface area contributed by atoms with Crippen molar-refractivity contribution in [3.05, 3.63) is 0 Å². The van der Waals surface area contributed by atoms with Crippen LogP contribution < -0.4 is 6.15 Å². The molecule has 1 aliphatic heterocycles. The van der Waals surface area contributed by atoms with Gasteiger partial charge in [0.1, 0.15) is 0 Å². The van der Waals surface area contributed by atoms with Crippen molar-refractivity contribution >= 4 is 24.8 Å². The van der Waals surface area contributed by atoms with E-state index < -0.39 is 0 Å². The van der Waals surface area contributed by atoms with E-state index in [-0.39, 0.29) is 31.0 Å².